The van der Waals surface area contributed by atoms with Crippen LogP contribution in [0.15, 0.2) is 4.52 Å². The van der Waals surface area contributed by atoms with Gasteiger partial charge in [0.15, 0.2) is 5.82 Å². The molecule has 1 aliphatic rings. The van der Waals surface area contributed by atoms with Crippen molar-refractivity contribution in [3.63, 3.8) is 0 Å². The summed E-state index contributed by atoms with van der Waals surface area (Å²) < 4.78 is 10.4. The molecule has 1 aliphatic heterocycles. The highest BCUT2D eigenvalue weighted by Crippen LogP contribution is 2.24. The normalized spacial score (nSPS) is 18.6. The van der Waals surface area contributed by atoms with Crippen molar-refractivity contribution < 1.29 is 9.26 Å². The summed E-state index contributed by atoms with van der Waals surface area (Å²) in [7, 11) is 1.86. The maximum Gasteiger partial charge on any atom is 0.240 e. The van der Waals surface area contributed by atoms with Crippen molar-refractivity contribution in [3.05, 3.63) is 11.7 Å². The van der Waals surface area contributed by atoms with E-state index in [1.807, 2.05) is 7.05 Å². The van der Waals surface area contributed by atoms with Gasteiger partial charge in [-0.1, -0.05) is 5.16 Å². The number of hydrogen-bond donors (Lipinski definition) is 1. The molecule has 1 aromatic heterocycles. The van der Waals surface area contributed by atoms with Crippen molar-refractivity contribution in [1.82, 2.24) is 15.5 Å². The fourth-order valence-corrected chi connectivity index (χ4v) is 1.61. The van der Waals surface area contributed by atoms with Crippen LogP contribution < -0.4 is 5.32 Å². The van der Waals surface area contributed by atoms with E-state index in [1.165, 1.54) is 0 Å². The van der Waals surface area contributed by atoms with E-state index in [9.17, 15) is 0 Å². The van der Waals surface area contributed by atoms with Gasteiger partial charge in [0.2, 0.25) is 5.89 Å². The number of hydrogen-bond acceptors (Lipinski definition) is 5. The van der Waals surface area contributed by atoms with Crippen LogP contribution in [0.4, 0.5) is 0 Å². The molecule has 0 aliphatic carbocycles. The van der Waals surface area contributed by atoms with Crippen LogP contribution in [0.2, 0.25) is 0 Å². The summed E-state index contributed by atoms with van der Waals surface area (Å²) in [4.78, 5) is 4.33. The molecule has 78 valence electrons. The van der Waals surface area contributed by atoms with E-state index in [0.29, 0.717) is 18.4 Å². The maximum atomic E-state index is 5.28. The molecule has 0 aromatic carbocycles. The molecule has 0 bridgehead atoms. The van der Waals surface area contributed by atoms with Crippen molar-refractivity contribution in [2.75, 3.05) is 20.3 Å². The van der Waals surface area contributed by atoms with Gasteiger partial charge < -0.3 is 14.6 Å². The molecule has 0 atom stereocenters. The summed E-state index contributed by atoms with van der Waals surface area (Å²) in [6, 6.07) is 0. The maximum absolute atomic E-state index is 5.28. The number of ether oxygens (including phenoxy) is 1. The van der Waals surface area contributed by atoms with Crippen molar-refractivity contribution in [2.45, 2.75) is 25.3 Å². The van der Waals surface area contributed by atoms with Crippen LogP contribution in [0.25, 0.3) is 0 Å². The van der Waals surface area contributed by atoms with Crippen LogP contribution in [0, 0.1) is 0 Å². The zero-order valence-corrected chi connectivity index (χ0v) is 8.32. The second-order valence-electron chi connectivity index (χ2n) is 3.46. The molecule has 0 unspecified atom stereocenters. The lowest BCUT2D eigenvalue weighted by Gasteiger charge is -2.18. The third-order valence-electron chi connectivity index (χ3n) is 2.40. The average molecular weight is 197 g/mol. The summed E-state index contributed by atoms with van der Waals surface area (Å²) in [6.07, 6.45) is 2.00. The Balaban J connectivity index is 2.00. The minimum atomic E-state index is 0.415. The van der Waals surface area contributed by atoms with Crippen molar-refractivity contribution in [2.24, 2.45) is 0 Å². The predicted octanol–water partition coefficient (Wildman–Crippen LogP) is 0.683. The quantitative estimate of drug-likeness (QED) is 0.772. The first kappa shape index (κ1) is 9.61. The Morgan fingerprint density at radius 1 is 1.43 bits per heavy atom. The fourth-order valence-electron chi connectivity index (χ4n) is 1.61. The summed E-state index contributed by atoms with van der Waals surface area (Å²) in [5, 5.41) is 6.96. The molecule has 5 heteroatoms. The van der Waals surface area contributed by atoms with Gasteiger partial charge in [-0.05, 0) is 19.9 Å². The van der Waals surface area contributed by atoms with Crippen molar-refractivity contribution >= 4 is 0 Å². The van der Waals surface area contributed by atoms with E-state index in [0.717, 1.165) is 31.9 Å². The molecular formula is C9H15N3O2. The second kappa shape index (κ2) is 4.52. The summed E-state index contributed by atoms with van der Waals surface area (Å²) in [5.74, 6) is 1.91. The first-order valence-corrected chi connectivity index (χ1v) is 4.95. The van der Waals surface area contributed by atoms with Crippen LogP contribution in [-0.4, -0.2) is 30.4 Å². The summed E-state index contributed by atoms with van der Waals surface area (Å²) in [6.45, 7) is 2.25. The van der Waals surface area contributed by atoms with E-state index < -0.39 is 0 Å². The Labute approximate surface area is 82.8 Å². The third-order valence-corrected chi connectivity index (χ3v) is 2.40. The monoisotopic (exact) mass is 197 g/mol. The number of nitrogens with zero attached hydrogens (tertiary/aromatic N) is 2. The summed E-state index contributed by atoms with van der Waals surface area (Å²) in [5.41, 5.74) is 0. The van der Waals surface area contributed by atoms with Gasteiger partial charge >= 0.3 is 0 Å². The van der Waals surface area contributed by atoms with Gasteiger partial charge in [0.25, 0.3) is 0 Å². The zero-order valence-electron chi connectivity index (χ0n) is 8.32. The molecule has 1 fully saturated rings. The van der Waals surface area contributed by atoms with Gasteiger partial charge in [0, 0.05) is 19.1 Å². The first-order chi connectivity index (χ1) is 6.90. The largest absolute Gasteiger partial charge is 0.381 e. The highest BCUT2D eigenvalue weighted by Gasteiger charge is 2.20. The molecular weight excluding hydrogens is 182 g/mol. The van der Waals surface area contributed by atoms with Crippen molar-refractivity contribution in [3.8, 4) is 0 Å². The third kappa shape index (κ3) is 2.10. The fraction of sp³-hybridized carbons (Fsp3) is 0.778. The van der Waals surface area contributed by atoms with E-state index in [2.05, 4.69) is 15.5 Å². The Kier molecular flexibility index (Phi) is 3.10. The lowest BCUT2D eigenvalue weighted by molar-refractivity contribution is 0.0830. The molecule has 0 spiro atoms. The van der Waals surface area contributed by atoms with Crippen LogP contribution in [-0.2, 0) is 11.3 Å². The van der Waals surface area contributed by atoms with Gasteiger partial charge in [-0.15, -0.1) is 0 Å². The molecule has 14 heavy (non-hydrogen) atoms. The summed E-state index contributed by atoms with van der Waals surface area (Å²) >= 11 is 0. The smallest absolute Gasteiger partial charge is 0.240 e. The second-order valence-corrected chi connectivity index (χ2v) is 3.46. The van der Waals surface area contributed by atoms with Crippen LogP contribution in [0.5, 0.6) is 0 Å². The van der Waals surface area contributed by atoms with E-state index >= 15 is 0 Å². The van der Waals surface area contributed by atoms with Crippen LogP contribution in [0.3, 0.4) is 0 Å². The number of rotatable bonds is 3. The molecule has 0 amide bonds. The molecule has 1 saturated heterocycles. The molecule has 2 rings (SSSR count). The molecule has 0 radical (unpaired) electrons. The topological polar surface area (TPSA) is 60.2 Å². The Bertz CT molecular complexity index is 281. The minimum Gasteiger partial charge on any atom is -0.381 e. The van der Waals surface area contributed by atoms with Gasteiger partial charge in [0.1, 0.15) is 0 Å². The van der Waals surface area contributed by atoms with Gasteiger partial charge in [-0.2, -0.15) is 4.98 Å². The van der Waals surface area contributed by atoms with Crippen LogP contribution >= 0.6 is 0 Å². The standard InChI is InChI=1S/C9H15N3O2/c1-10-6-8-11-9(12-14-8)7-2-4-13-5-3-7/h7,10H,2-6H2,1H3. The predicted molar refractivity (Wildman–Crippen MR) is 49.9 cm³/mol. The molecule has 2 heterocycles. The zero-order chi connectivity index (χ0) is 9.80. The van der Waals surface area contributed by atoms with Crippen LogP contribution in [0.1, 0.15) is 30.5 Å². The first-order valence-electron chi connectivity index (χ1n) is 4.95. The Morgan fingerprint density at radius 2 is 2.21 bits per heavy atom. The molecule has 1 N–H and O–H groups in total. The molecule has 0 saturated carbocycles. The highest BCUT2D eigenvalue weighted by atomic mass is 16.5. The molecule has 1 aromatic rings. The Morgan fingerprint density at radius 3 is 2.93 bits per heavy atom. The molecule has 5 nitrogen and oxygen atoms in total. The highest BCUT2D eigenvalue weighted by molar-refractivity contribution is 4.96. The van der Waals surface area contributed by atoms with E-state index in [-0.39, 0.29) is 0 Å². The van der Waals surface area contributed by atoms with Gasteiger partial charge in [0.05, 0.1) is 6.54 Å². The number of aromatic nitrogens is 2. The number of nitrogens with one attached hydrogen (secondary N) is 1. The lowest BCUT2D eigenvalue weighted by Crippen LogP contribution is -2.15. The van der Waals surface area contributed by atoms with E-state index in [1.54, 1.807) is 0 Å². The average Bonchev–Trinajstić information content (AvgIpc) is 2.68. The lowest BCUT2D eigenvalue weighted by atomic mass is 10.00. The van der Waals surface area contributed by atoms with E-state index in [4.69, 9.17) is 9.26 Å². The minimum absolute atomic E-state index is 0.415. The van der Waals surface area contributed by atoms with Crippen molar-refractivity contribution in [1.29, 1.82) is 0 Å². The van der Waals surface area contributed by atoms with Gasteiger partial charge in [-0.25, -0.2) is 0 Å². The SMILES string of the molecule is CNCc1nc(C2CCOCC2)no1. The Hall–Kier alpha value is -0.940. The van der Waals surface area contributed by atoms with Gasteiger partial charge in [-0.3, -0.25) is 0 Å².